The van der Waals surface area contributed by atoms with E-state index in [0.29, 0.717) is 19.0 Å². The molecule has 0 spiro atoms. The van der Waals surface area contributed by atoms with E-state index in [1.807, 2.05) is 19.2 Å². The first-order valence-electron chi connectivity index (χ1n) is 6.32. The smallest absolute Gasteiger partial charge is 0.211 e. The number of hydrogen-bond donors (Lipinski definition) is 0. The van der Waals surface area contributed by atoms with Gasteiger partial charge in [0.2, 0.25) is 10.0 Å². The molecule has 0 aliphatic carbocycles. The lowest BCUT2D eigenvalue weighted by Gasteiger charge is -2.30. The SMILES string of the molecule is Cc1ccc(C[C@@H]2CCCN(S(C)(=O)=O)C2)nc1. The highest BCUT2D eigenvalue weighted by molar-refractivity contribution is 7.88. The molecule has 0 N–H and O–H groups in total. The van der Waals surface area contributed by atoms with Crippen molar-refractivity contribution in [2.75, 3.05) is 19.3 Å². The molecule has 0 radical (unpaired) electrons. The summed E-state index contributed by atoms with van der Waals surface area (Å²) in [5, 5.41) is 0. The van der Waals surface area contributed by atoms with Crippen LogP contribution in [0.15, 0.2) is 18.3 Å². The van der Waals surface area contributed by atoms with E-state index in [-0.39, 0.29) is 0 Å². The normalized spacial score (nSPS) is 22.0. The average Bonchev–Trinajstić information content (AvgIpc) is 2.31. The molecule has 0 bridgehead atoms. The Morgan fingerprint density at radius 3 is 2.83 bits per heavy atom. The van der Waals surface area contributed by atoms with Gasteiger partial charge >= 0.3 is 0 Å². The summed E-state index contributed by atoms with van der Waals surface area (Å²) in [5.41, 5.74) is 2.21. The summed E-state index contributed by atoms with van der Waals surface area (Å²) in [4.78, 5) is 4.39. The Labute approximate surface area is 109 Å². The van der Waals surface area contributed by atoms with E-state index < -0.39 is 10.0 Å². The summed E-state index contributed by atoms with van der Waals surface area (Å²) >= 11 is 0. The first kappa shape index (κ1) is 13.5. The number of aromatic nitrogens is 1. The molecule has 1 aliphatic rings. The van der Waals surface area contributed by atoms with Gasteiger partial charge in [0, 0.05) is 25.0 Å². The fourth-order valence-corrected chi connectivity index (χ4v) is 3.35. The predicted molar refractivity (Wildman–Crippen MR) is 71.8 cm³/mol. The molecular weight excluding hydrogens is 248 g/mol. The second-order valence-corrected chi connectivity index (χ2v) is 7.14. The molecule has 1 aromatic rings. The third-order valence-corrected chi connectivity index (χ3v) is 4.69. The van der Waals surface area contributed by atoms with Crippen molar-refractivity contribution < 1.29 is 8.42 Å². The van der Waals surface area contributed by atoms with Crippen LogP contribution in [-0.2, 0) is 16.4 Å². The van der Waals surface area contributed by atoms with Crippen LogP contribution in [0.2, 0.25) is 0 Å². The fraction of sp³-hybridized carbons (Fsp3) is 0.615. The zero-order chi connectivity index (χ0) is 13.2. The predicted octanol–water partition coefficient (Wildman–Crippen LogP) is 1.60. The molecule has 1 atom stereocenters. The third kappa shape index (κ3) is 3.53. The van der Waals surface area contributed by atoms with Crippen LogP contribution in [-0.4, -0.2) is 37.1 Å². The fourth-order valence-electron chi connectivity index (χ4n) is 2.41. The number of aryl methyl sites for hydroxylation is 1. The van der Waals surface area contributed by atoms with Crippen LogP contribution in [0.5, 0.6) is 0 Å². The van der Waals surface area contributed by atoms with Gasteiger partial charge in [-0.25, -0.2) is 12.7 Å². The Kier molecular flexibility index (Phi) is 4.02. The van der Waals surface area contributed by atoms with Crippen LogP contribution >= 0.6 is 0 Å². The molecule has 1 aliphatic heterocycles. The Bertz CT molecular complexity index is 496. The maximum Gasteiger partial charge on any atom is 0.211 e. The van der Waals surface area contributed by atoms with Crippen LogP contribution in [0.3, 0.4) is 0 Å². The van der Waals surface area contributed by atoms with Gasteiger partial charge in [-0.1, -0.05) is 6.07 Å². The number of pyridine rings is 1. The van der Waals surface area contributed by atoms with Crippen LogP contribution in [0.25, 0.3) is 0 Å². The van der Waals surface area contributed by atoms with E-state index in [0.717, 1.165) is 30.5 Å². The van der Waals surface area contributed by atoms with Gasteiger partial charge in [-0.2, -0.15) is 0 Å². The molecule has 1 fully saturated rings. The maximum absolute atomic E-state index is 11.5. The van der Waals surface area contributed by atoms with Gasteiger partial charge in [-0.05, 0) is 43.7 Å². The van der Waals surface area contributed by atoms with Crippen molar-refractivity contribution in [2.45, 2.75) is 26.2 Å². The second kappa shape index (κ2) is 5.36. The molecule has 2 rings (SSSR count). The van der Waals surface area contributed by atoms with Gasteiger partial charge < -0.3 is 0 Å². The van der Waals surface area contributed by atoms with E-state index in [1.165, 1.54) is 6.26 Å². The van der Waals surface area contributed by atoms with Crippen LogP contribution in [0, 0.1) is 12.8 Å². The topological polar surface area (TPSA) is 50.3 Å². The number of hydrogen-bond acceptors (Lipinski definition) is 3. The first-order valence-corrected chi connectivity index (χ1v) is 8.16. The number of nitrogens with zero attached hydrogens (tertiary/aromatic N) is 2. The summed E-state index contributed by atoms with van der Waals surface area (Å²) in [6.07, 6.45) is 6.06. The van der Waals surface area contributed by atoms with Crippen molar-refractivity contribution in [1.29, 1.82) is 0 Å². The lowest BCUT2D eigenvalue weighted by atomic mass is 9.94. The third-order valence-electron chi connectivity index (χ3n) is 3.42. The second-order valence-electron chi connectivity index (χ2n) is 5.16. The van der Waals surface area contributed by atoms with Crippen LogP contribution in [0.4, 0.5) is 0 Å². The van der Waals surface area contributed by atoms with Crippen LogP contribution < -0.4 is 0 Å². The van der Waals surface area contributed by atoms with Crippen molar-refractivity contribution >= 4 is 10.0 Å². The highest BCUT2D eigenvalue weighted by Gasteiger charge is 2.25. The molecule has 1 saturated heterocycles. The van der Waals surface area contributed by atoms with Gasteiger partial charge in [0.15, 0.2) is 0 Å². The maximum atomic E-state index is 11.5. The van der Waals surface area contributed by atoms with Crippen molar-refractivity contribution in [3.05, 3.63) is 29.6 Å². The van der Waals surface area contributed by atoms with Crippen molar-refractivity contribution in [3.63, 3.8) is 0 Å². The first-order chi connectivity index (χ1) is 8.45. The highest BCUT2D eigenvalue weighted by atomic mass is 32.2. The van der Waals surface area contributed by atoms with E-state index in [4.69, 9.17) is 0 Å². The quantitative estimate of drug-likeness (QED) is 0.836. The summed E-state index contributed by atoms with van der Waals surface area (Å²) in [6.45, 7) is 3.31. The Morgan fingerprint density at radius 1 is 1.44 bits per heavy atom. The molecule has 4 nitrogen and oxygen atoms in total. The number of sulfonamides is 1. The molecule has 2 heterocycles. The highest BCUT2D eigenvalue weighted by Crippen LogP contribution is 2.21. The van der Waals surface area contributed by atoms with Crippen molar-refractivity contribution in [2.24, 2.45) is 5.92 Å². The van der Waals surface area contributed by atoms with E-state index in [1.54, 1.807) is 4.31 Å². The van der Waals surface area contributed by atoms with Gasteiger partial charge in [0.1, 0.15) is 0 Å². The molecular formula is C13H20N2O2S. The summed E-state index contributed by atoms with van der Waals surface area (Å²) in [5.74, 6) is 0.392. The summed E-state index contributed by atoms with van der Waals surface area (Å²) < 4.78 is 24.7. The van der Waals surface area contributed by atoms with Gasteiger partial charge in [0.05, 0.1) is 6.26 Å². The molecule has 18 heavy (non-hydrogen) atoms. The van der Waals surface area contributed by atoms with E-state index in [2.05, 4.69) is 11.1 Å². The van der Waals surface area contributed by atoms with Crippen molar-refractivity contribution in [1.82, 2.24) is 9.29 Å². The largest absolute Gasteiger partial charge is 0.261 e. The van der Waals surface area contributed by atoms with Gasteiger partial charge in [0.25, 0.3) is 0 Å². The zero-order valence-corrected chi connectivity index (χ0v) is 11.8. The minimum absolute atomic E-state index is 0.392. The molecule has 0 aromatic carbocycles. The zero-order valence-electron chi connectivity index (χ0n) is 11.0. The molecule has 100 valence electrons. The molecule has 0 saturated carbocycles. The van der Waals surface area contributed by atoms with Gasteiger partial charge in [-0.15, -0.1) is 0 Å². The lowest BCUT2D eigenvalue weighted by molar-refractivity contribution is 0.265. The molecule has 0 unspecified atom stereocenters. The van der Waals surface area contributed by atoms with Crippen molar-refractivity contribution in [3.8, 4) is 0 Å². The Hall–Kier alpha value is -0.940. The molecule has 5 heteroatoms. The van der Waals surface area contributed by atoms with Gasteiger partial charge in [-0.3, -0.25) is 4.98 Å². The summed E-state index contributed by atoms with van der Waals surface area (Å²) in [7, 11) is -3.04. The number of rotatable bonds is 3. The van der Waals surface area contributed by atoms with Crippen LogP contribution in [0.1, 0.15) is 24.1 Å². The number of piperidine rings is 1. The van der Waals surface area contributed by atoms with E-state index >= 15 is 0 Å². The lowest BCUT2D eigenvalue weighted by Crippen LogP contribution is -2.39. The van der Waals surface area contributed by atoms with E-state index in [9.17, 15) is 8.42 Å². The standard InChI is InChI=1S/C13H20N2O2S/c1-11-5-6-13(14-9-11)8-12-4-3-7-15(10-12)18(2,16)17/h5-6,9,12H,3-4,7-8,10H2,1-2H3/t12-/m0/s1. The monoisotopic (exact) mass is 268 g/mol. The Morgan fingerprint density at radius 2 is 2.22 bits per heavy atom. The summed E-state index contributed by atoms with van der Waals surface area (Å²) in [6, 6.07) is 4.09. The minimum Gasteiger partial charge on any atom is -0.261 e. The average molecular weight is 268 g/mol. The minimum atomic E-state index is -3.04. The Balaban J connectivity index is 2.00. The molecule has 1 aromatic heterocycles. The molecule has 0 amide bonds.